The summed E-state index contributed by atoms with van der Waals surface area (Å²) in [7, 11) is -2.88. The van der Waals surface area contributed by atoms with Gasteiger partial charge in [0, 0.05) is 24.0 Å². The number of fused-ring (bicyclic) bond motifs is 1. The molecule has 6 heteroatoms. The molecule has 0 spiro atoms. The number of nitrogens with zero attached hydrogens (tertiary/aromatic N) is 1. The van der Waals surface area contributed by atoms with E-state index in [0.717, 1.165) is 28.8 Å². The Morgan fingerprint density at radius 2 is 2.00 bits per heavy atom. The van der Waals surface area contributed by atoms with Crippen molar-refractivity contribution in [3.63, 3.8) is 0 Å². The van der Waals surface area contributed by atoms with Crippen LogP contribution in [0.3, 0.4) is 0 Å². The van der Waals surface area contributed by atoms with Gasteiger partial charge in [-0.15, -0.1) is 0 Å². The van der Waals surface area contributed by atoms with E-state index in [1.165, 1.54) is 0 Å². The van der Waals surface area contributed by atoms with Crippen LogP contribution in [0.1, 0.15) is 17.7 Å². The summed E-state index contributed by atoms with van der Waals surface area (Å²) in [6.45, 7) is 2.42. The zero-order valence-corrected chi connectivity index (χ0v) is 12.7. The molecule has 0 bridgehead atoms. The van der Waals surface area contributed by atoms with Crippen LogP contribution in [0.15, 0.2) is 28.7 Å². The fraction of sp³-hybridized carbons (Fsp3) is 0.467. The van der Waals surface area contributed by atoms with Crippen molar-refractivity contribution in [1.29, 1.82) is 0 Å². The topological polar surface area (TPSA) is 76.5 Å². The van der Waals surface area contributed by atoms with Crippen LogP contribution in [0.25, 0.3) is 11.0 Å². The molecule has 1 aromatic heterocycles. The van der Waals surface area contributed by atoms with Gasteiger partial charge in [-0.05, 0) is 19.0 Å². The van der Waals surface area contributed by atoms with Crippen molar-refractivity contribution in [3.05, 3.63) is 35.6 Å². The van der Waals surface area contributed by atoms with Gasteiger partial charge in [-0.1, -0.05) is 18.2 Å². The minimum atomic E-state index is -2.88. The Morgan fingerprint density at radius 3 is 2.81 bits per heavy atom. The first-order valence-electron chi connectivity index (χ1n) is 7.21. The number of para-hydroxylation sites is 1. The number of rotatable bonds is 3. The molecule has 1 aliphatic rings. The van der Waals surface area contributed by atoms with Crippen LogP contribution in [-0.4, -0.2) is 37.9 Å². The average Bonchev–Trinajstić information content (AvgIpc) is 2.72. The molecule has 1 aliphatic heterocycles. The molecular weight excluding hydrogens is 288 g/mol. The van der Waals surface area contributed by atoms with Gasteiger partial charge in [-0.25, -0.2) is 8.42 Å². The van der Waals surface area contributed by atoms with Crippen LogP contribution >= 0.6 is 0 Å². The van der Waals surface area contributed by atoms with Gasteiger partial charge in [0.2, 0.25) is 0 Å². The Kier molecular flexibility index (Phi) is 4.01. The van der Waals surface area contributed by atoms with Gasteiger partial charge in [0.05, 0.1) is 18.1 Å². The Hall–Kier alpha value is -1.37. The van der Waals surface area contributed by atoms with Crippen molar-refractivity contribution in [2.24, 2.45) is 5.73 Å². The maximum atomic E-state index is 11.7. The normalized spacial score (nSPS) is 19.7. The molecule has 0 amide bonds. The van der Waals surface area contributed by atoms with Gasteiger partial charge < -0.3 is 10.2 Å². The first-order valence-corrected chi connectivity index (χ1v) is 9.03. The molecule has 21 heavy (non-hydrogen) atoms. The van der Waals surface area contributed by atoms with E-state index in [1.54, 1.807) is 0 Å². The van der Waals surface area contributed by atoms with Gasteiger partial charge in [-0.2, -0.15) is 0 Å². The predicted molar refractivity (Wildman–Crippen MR) is 82.7 cm³/mol. The standard InChI is InChI=1S/C15H20N2O3S/c16-10-15-13(12-4-1-2-5-14(12)20-15)11-17-6-3-8-21(18,19)9-7-17/h1-2,4-5H,3,6-11,16H2. The lowest BCUT2D eigenvalue weighted by Crippen LogP contribution is -2.27. The highest BCUT2D eigenvalue weighted by molar-refractivity contribution is 7.91. The van der Waals surface area contributed by atoms with E-state index in [1.807, 2.05) is 24.3 Å². The number of hydrogen-bond donors (Lipinski definition) is 1. The zero-order valence-electron chi connectivity index (χ0n) is 11.9. The fourth-order valence-corrected chi connectivity index (χ4v) is 4.17. The molecule has 0 aliphatic carbocycles. The molecule has 0 atom stereocenters. The molecule has 0 radical (unpaired) electrons. The third-order valence-corrected chi connectivity index (χ3v) is 5.71. The van der Waals surface area contributed by atoms with Crippen molar-refractivity contribution in [2.45, 2.75) is 19.5 Å². The van der Waals surface area contributed by atoms with Crippen LogP contribution in [0.4, 0.5) is 0 Å². The van der Waals surface area contributed by atoms with Crippen molar-refractivity contribution in [1.82, 2.24) is 4.90 Å². The fourth-order valence-electron chi connectivity index (χ4n) is 2.86. The summed E-state index contributed by atoms with van der Waals surface area (Å²) in [6.07, 6.45) is 0.691. The monoisotopic (exact) mass is 308 g/mol. The van der Waals surface area contributed by atoms with E-state index in [2.05, 4.69) is 4.90 Å². The Morgan fingerprint density at radius 1 is 1.19 bits per heavy atom. The van der Waals surface area contributed by atoms with Crippen molar-refractivity contribution in [3.8, 4) is 0 Å². The molecule has 0 unspecified atom stereocenters. The summed E-state index contributed by atoms with van der Waals surface area (Å²) in [5, 5.41) is 1.07. The molecule has 1 fully saturated rings. The van der Waals surface area contributed by atoms with Crippen LogP contribution in [-0.2, 0) is 22.9 Å². The van der Waals surface area contributed by atoms with E-state index in [0.29, 0.717) is 31.8 Å². The van der Waals surface area contributed by atoms with E-state index in [-0.39, 0.29) is 5.75 Å². The second-order valence-electron chi connectivity index (χ2n) is 5.49. The Balaban J connectivity index is 1.87. The summed E-state index contributed by atoms with van der Waals surface area (Å²) in [5.74, 6) is 1.32. The van der Waals surface area contributed by atoms with Crippen LogP contribution in [0.2, 0.25) is 0 Å². The maximum Gasteiger partial charge on any atom is 0.151 e. The first kappa shape index (κ1) is 14.6. The van der Waals surface area contributed by atoms with Gasteiger partial charge in [0.25, 0.3) is 0 Å². The number of sulfone groups is 1. The van der Waals surface area contributed by atoms with Crippen molar-refractivity contribution in [2.75, 3.05) is 24.6 Å². The average molecular weight is 308 g/mol. The predicted octanol–water partition coefficient (Wildman–Crippen LogP) is 1.51. The Labute approximate surface area is 124 Å². The minimum Gasteiger partial charge on any atom is -0.459 e. The lowest BCUT2D eigenvalue weighted by Gasteiger charge is -2.19. The SMILES string of the molecule is NCc1oc2ccccc2c1CN1CCCS(=O)(=O)CC1. The smallest absolute Gasteiger partial charge is 0.151 e. The second kappa shape index (κ2) is 5.79. The first-order chi connectivity index (χ1) is 10.1. The summed E-state index contributed by atoms with van der Waals surface area (Å²) in [4.78, 5) is 2.18. The highest BCUT2D eigenvalue weighted by atomic mass is 32.2. The zero-order chi connectivity index (χ0) is 14.9. The van der Waals surface area contributed by atoms with Crippen LogP contribution in [0, 0.1) is 0 Å². The summed E-state index contributed by atoms with van der Waals surface area (Å²) < 4.78 is 29.2. The molecule has 0 saturated carbocycles. The minimum absolute atomic E-state index is 0.237. The molecule has 114 valence electrons. The number of furan rings is 1. The van der Waals surface area contributed by atoms with E-state index in [4.69, 9.17) is 10.2 Å². The number of benzene rings is 1. The Bertz CT molecular complexity index is 736. The van der Waals surface area contributed by atoms with Crippen molar-refractivity contribution >= 4 is 20.8 Å². The highest BCUT2D eigenvalue weighted by Gasteiger charge is 2.21. The summed E-state index contributed by atoms with van der Waals surface area (Å²) in [6, 6.07) is 7.88. The van der Waals surface area contributed by atoms with Crippen molar-refractivity contribution < 1.29 is 12.8 Å². The van der Waals surface area contributed by atoms with Gasteiger partial charge in [0.1, 0.15) is 11.3 Å². The summed E-state index contributed by atoms with van der Waals surface area (Å²) >= 11 is 0. The summed E-state index contributed by atoms with van der Waals surface area (Å²) in [5.41, 5.74) is 7.72. The highest BCUT2D eigenvalue weighted by Crippen LogP contribution is 2.27. The maximum absolute atomic E-state index is 11.7. The second-order valence-corrected chi connectivity index (χ2v) is 7.79. The largest absolute Gasteiger partial charge is 0.459 e. The van der Waals surface area contributed by atoms with E-state index >= 15 is 0 Å². The molecule has 3 rings (SSSR count). The molecule has 2 heterocycles. The number of hydrogen-bond acceptors (Lipinski definition) is 5. The van der Waals surface area contributed by atoms with Crippen LogP contribution in [0.5, 0.6) is 0 Å². The lowest BCUT2D eigenvalue weighted by atomic mass is 10.1. The molecule has 1 aromatic carbocycles. The third kappa shape index (κ3) is 3.12. The quantitative estimate of drug-likeness (QED) is 0.930. The van der Waals surface area contributed by atoms with Gasteiger partial charge >= 0.3 is 0 Å². The lowest BCUT2D eigenvalue weighted by molar-refractivity contribution is 0.285. The van der Waals surface area contributed by atoms with E-state index in [9.17, 15) is 8.42 Å². The third-order valence-electron chi connectivity index (χ3n) is 4.00. The van der Waals surface area contributed by atoms with E-state index < -0.39 is 9.84 Å². The molecule has 5 nitrogen and oxygen atoms in total. The van der Waals surface area contributed by atoms with Gasteiger partial charge in [0.15, 0.2) is 9.84 Å². The molecular formula is C15H20N2O3S. The number of nitrogens with two attached hydrogens (primary N) is 1. The molecule has 2 N–H and O–H groups in total. The molecule has 2 aromatic rings. The van der Waals surface area contributed by atoms with Gasteiger partial charge in [-0.3, -0.25) is 4.90 Å². The van der Waals surface area contributed by atoms with Crippen LogP contribution < -0.4 is 5.73 Å². The molecule has 1 saturated heterocycles.